The lowest BCUT2D eigenvalue weighted by Gasteiger charge is -2.05. The molecule has 0 fully saturated rings. The first-order valence-corrected chi connectivity index (χ1v) is 6.84. The Hall–Kier alpha value is -0.950. The van der Waals surface area contributed by atoms with Crippen LogP contribution in [0.3, 0.4) is 0 Å². The molecule has 1 N–H and O–H groups in total. The Kier molecular flexibility index (Phi) is 4.22. The average Bonchev–Trinajstić information content (AvgIpc) is 2.57. The quantitative estimate of drug-likeness (QED) is 0.711. The fraction of sp³-hybridized carbons (Fsp3) is 0.750. The van der Waals surface area contributed by atoms with Crippen molar-refractivity contribution in [3.63, 3.8) is 0 Å². The molecule has 0 aliphatic rings. The van der Waals surface area contributed by atoms with Gasteiger partial charge in [-0.1, -0.05) is 6.92 Å². The summed E-state index contributed by atoms with van der Waals surface area (Å²) >= 11 is 0. The molecule has 0 saturated heterocycles. The second kappa shape index (κ2) is 5.22. The van der Waals surface area contributed by atoms with Gasteiger partial charge in [0.05, 0.1) is 18.8 Å². The minimum Gasteiger partial charge on any atom is -0.310 e. The maximum Gasteiger partial charge on any atom is 0.149 e. The van der Waals surface area contributed by atoms with Gasteiger partial charge in [0.2, 0.25) is 0 Å². The molecule has 6 nitrogen and oxygen atoms in total. The lowest BCUT2D eigenvalue weighted by molar-refractivity contribution is 0.563. The molecule has 1 rings (SSSR count). The van der Waals surface area contributed by atoms with Gasteiger partial charge in [0.25, 0.3) is 0 Å². The van der Waals surface area contributed by atoms with Gasteiger partial charge in [0, 0.05) is 6.26 Å². The highest BCUT2D eigenvalue weighted by atomic mass is 32.2. The van der Waals surface area contributed by atoms with Gasteiger partial charge in [-0.2, -0.15) is 5.10 Å². The lowest BCUT2D eigenvalue weighted by atomic mass is 10.5. The SMILES string of the molecule is CCNCc1ncnn1CCS(C)(=O)=O. The molecule has 1 heterocycles. The Bertz CT molecular complexity index is 399. The number of nitrogens with zero attached hydrogens (tertiary/aromatic N) is 3. The Balaban J connectivity index is 2.57. The number of hydrogen-bond donors (Lipinski definition) is 1. The molecule has 0 spiro atoms. The van der Waals surface area contributed by atoms with Gasteiger partial charge < -0.3 is 5.32 Å². The number of aromatic nitrogens is 3. The number of sulfone groups is 1. The van der Waals surface area contributed by atoms with Gasteiger partial charge in [0.1, 0.15) is 22.0 Å². The summed E-state index contributed by atoms with van der Waals surface area (Å²) in [4.78, 5) is 4.05. The van der Waals surface area contributed by atoms with E-state index in [0.29, 0.717) is 13.1 Å². The fourth-order valence-corrected chi connectivity index (χ4v) is 1.61. The van der Waals surface area contributed by atoms with Crippen molar-refractivity contribution >= 4 is 9.84 Å². The first kappa shape index (κ1) is 12.1. The highest BCUT2D eigenvalue weighted by molar-refractivity contribution is 7.90. The number of nitrogens with one attached hydrogen (secondary N) is 1. The van der Waals surface area contributed by atoms with Crippen molar-refractivity contribution in [1.29, 1.82) is 0 Å². The van der Waals surface area contributed by atoms with Crippen LogP contribution in [0, 0.1) is 0 Å². The minimum absolute atomic E-state index is 0.0927. The van der Waals surface area contributed by atoms with Gasteiger partial charge in [-0.15, -0.1) is 0 Å². The van der Waals surface area contributed by atoms with Crippen molar-refractivity contribution in [3.8, 4) is 0 Å². The van der Waals surface area contributed by atoms with Gasteiger partial charge in [0.15, 0.2) is 0 Å². The third kappa shape index (κ3) is 4.39. The van der Waals surface area contributed by atoms with Crippen LogP contribution in [0.2, 0.25) is 0 Å². The van der Waals surface area contributed by atoms with Crippen molar-refractivity contribution in [2.75, 3.05) is 18.6 Å². The normalized spacial score (nSPS) is 11.9. The van der Waals surface area contributed by atoms with Crippen molar-refractivity contribution in [2.24, 2.45) is 0 Å². The van der Waals surface area contributed by atoms with Crippen LogP contribution >= 0.6 is 0 Å². The monoisotopic (exact) mass is 232 g/mol. The molecule has 0 aliphatic heterocycles. The molecule has 0 bridgehead atoms. The van der Waals surface area contributed by atoms with E-state index in [9.17, 15) is 8.42 Å². The van der Waals surface area contributed by atoms with E-state index < -0.39 is 9.84 Å². The second-order valence-electron chi connectivity index (χ2n) is 3.31. The highest BCUT2D eigenvalue weighted by Gasteiger charge is 2.07. The van der Waals surface area contributed by atoms with E-state index >= 15 is 0 Å². The Morgan fingerprint density at radius 1 is 1.53 bits per heavy atom. The third-order valence-electron chi connectivity index (χ3n) is 1.90. The molecule has 7 heteroatoms. The van der Waals surface area contributed by atoms with Crippen molar-refractivity contribution in [1.82, 2.24) is 20.1 Å². The van der Waals surface area contributed by atoms with Crippen LogP contribution in [0.25, 0.3) is 0 Å². The first-order valence-electron chi connectivity index (χ1n) is 4.78. The van der Waals surface area contributed by atoms with Crippen LogP contribution in [0.15, 0.2) is 6.33 Å². The van der Waals surface area contributed by atoms with E-state index in [4.69, 9.17) is 0 Å². The smallest absolute Gasteiger partial charge is 0.149 e. The van der Waals surface area contributed by atoms with Crippen LogP contribution in [0.1, 0.15) is 12.7 Å². The molecule has 15 heavy (non-hydrogen) atoms. The standard InChI is InChI=1S/C8H16N4O2S/c1-3-9-6-8-10-7-11-12(8)4-5-15(2,13)14/h7,9H,3-6H2,1-2H3. The van der Waals surface area contributed by atoms with Crippen LogP contribution in [0.5, 0.6) is 0 Å². The van der Waals surface area contributed by atoms with E-state index in [1.54, 1.807) is 4.68 Å². The molecule has 0 aliphatic carbocycles. The predicted molar refractivity (Wildman–Crippen MR) is 57.1 cm³/mol. The summed E-state index contributed by atoms with van der Waals surface area (Å²) in [6, 6.07) is 0. The second-order valence-corrected chi connectivity index (χ2v) is 5.57. The van der Waals surface area contributed by atoms with E-state index in [1.807, 2.05) is 6.92 Å². The van der Waals surface area contributed by atoms with E-state index in [0.717, 1.165) is 12.4 Å². The summed E-state index contributed by atoms with van der Waals surface area (Å²) < 4.78 is 23.6. The van der Waals surface area contributed by atoms with E-state index in [2.05, 4.69) is 15.4 Å². The first-order chi connectivity index (χ1) is 7.03. The highest BCUT2D eigenvalue weighted by Crippen LogP contribution is 1.95. The predicted octanol–water partition coefficient (Wildman–Crippen LogP) is -0.568. The molecular formula is C8H16N4O2S. The average molecular weight is 232 g/mol. The summed E-state index contributed by atoms with van der Waals surface area (Å²) in [7, 11) is -2.95. The maximum atomic E-state index is 11.0. The Morgan fingerprint density at radius 3 is 2.87 bits per heavy atom. The zero-order valence-electron chi connectivity index (χ0n) is 8.97. The lowest BCUT2D eigenvalue weighted by Crippen LogP contribution is -2.19. The van der Waals surface area contributed by atoms with Crippen molar-refractivity contribution in [3.05, 3.63) is 12.2 Å². The number of rotatable bonds is 6. The number of hydrogen-bond acceptors (Lipinski definition) is 5. The van der Waals surface area contributed by atoms with Crippen molar-refractivity contribution < 1.29 is 8.42 Å². The molecule has 86 valence electrons. The maximum absolute atomic E-state index is 11.0. The number of aryl methyl sites for hydroxylation is 1. The topological polar surface area (TPSA) is 76.9 Å². The van der Waals surface area contributed by atoms with Crippen LogP contribution in [0.4, 0.5) is 0 Å². The zero-order chi connectivity index (χ0) is 11.3. The summed E-state index contributed by atoms with van der Waals surface area (Å²) in [6.45, 7) is 3.82. The van der Waals surface area contributed by atoms with E-state index in [-0.39, 0.29) is 5.75 Å². The summed E-state index contributed by atoms with van der Waals surface area (Å²) in [5.41, 5.74) is 0. The molecule has 0 unspecified atom stereocenters. The fourth-order valence-electron chi connectivity index (χ4n) is 1.10. The van der Waals surface area contributed by atoms with Gasteiger partial charge >= 0.3 is 0 Å². The van der Waals surface area contributed by atoms with Crippen LogP contribution in [-0.4, -0.2) is 41.7 Å². The van der Waals surface area contributed by atoms with Crippen LogP contribution in [-0.2, 0) is 22.9 Å². The molecule has 0 atom stereocenters. The molecular weight excluding hydrogens is 216 g/mol. The molecule has 0 aromatic carbocycles. The minimum atomic E-state index is -2.95. The zero-order valence-corrected chi connectivity index (χ0v) is 9.79. The molecule has 1 aromatic rings. The summed E-state index contributed by atoms with van der Waals surface area (Å²) in [6.07, 6.45) is 2.66. The molecule has 0 saturated carbocycles. The largest absolute Gasteiger partial charge is 0.310 e. The Morgan fingerprint density at radius 2 is 2.27 bits per heavy atom. The Labute approximate surface area is 89.6 Å². The van der Waals surface area contributed by atoms with Gasteiger partial charge in [-0.25, -0.2) is 18.1 Å². The molecule has 1 aromatic heterocycles. The summed E-state index contributed by atoms with van der Waals surface area (Å²) in [5.74, 6) is 0.857. The molecule has 0 amide bonds. The van der Waals surface area contributed by atoms with Crippen LogP contribution < -0.4 is 5.32 Å². The summed E-state index contributed by atoms with van der Waals surface area (Å²) in [5, 5.41) is 7.09. The molecule has 0 radical (unpaired) electrons. The van der Waals surface area contributed by atoms with Gasteiger partial charge in [-0.3, -0.25) is 0 Å². The van der Waals surface area contributed by atoms with E-state index in [1.165, 1.54) is 12.6 Å². The third-order valence-corrected chi connectivity index (χ3v) is 2.83. The van der Waals surface area contributed by atoms with Gasteiger partial charge in [-0.05, 0) is 6.54 Å². The van der Waals surface area contributed by atoms with Crippen molar-refractivity contribution in [2.45, 2.75) is 20.0 Å².